The largest absolute Gasteiger partial charge is 0.493 e. The Balaban J connectivity index is 1.56. The minimum Gasteiger partial charge on any atom is -0.493 e. The molecule has 0 spiro atoms. The van der Waals surface area contributed by atoms with Gasteiger partial charge in [0.15, 0.2) is 5.84 Å². The van der Waals surface area contributed by atoms with Crippen LogP contribution in [0.2, 0.25) is 0 Å². The molecule has 7 nitrogen and oxygen atoms in total. The maximum atomic E-state index is 12.4. The van der Waals surface area contributed by atoms with Gasteiger partial charge < -0.3 is 15.9 Å². The van der Waals surface area contributed by atoms with E-state index in [2.05, 4.69) is 34.7 Å². The molecule has 148 valence electrons. The van der Waals surface area contributed by atoms with E-state index in [9.17, 15) is 4.79 Å². The first-order chi connectivity index (χ1) is 14.0. The van der Waals surface area contributed by atoms with E-state index in [0.29, 0.717) is 23.4 Å². The lowest BCUT2D eigenvalue weighted by Gasteiger charge is -2.26. The van der Waals surface area contributed by atoms with Gasteiger partial charge in [-0.2, -0.15) is 0 Å². The van der Waals surface area contributed by atoms with Gasteiger partial charge >= 0.3 is 0 Å². The third-order valence-corrected chi connectivity index (χ3v) is 4.59. The summed E-state index contributed by atoms with van der Waals surface area (Å²) < 4.78 is 5.91. The Hall–Kier alpha value is -3.74. The van der Waals surface area contributed by atoms with Gasteiger partial charge in [-0.3, -0.25) is 10.2 Å². The quantitative estimate of drug-likeness (QED) is 0.222. The standard InChI is InChI=1S/C22H23N5O2/c1-22(13-3-2-4-14-22)15-29-19-11-9-18(10-12-19)25-21(28)17-7-5-16(6-8-17)20(23)26-27-24/h2-13H,14-15H2,1H3,(H,25,28)(H3,23,24,26)/t22-/m0/s1. The fraction of sp³-hybridized carbons (Fsp3) is 0.182. The number of hydrogen-bond acceptors (Lipinski definition) is 4. The van der Waals surface area contributed by atoms with Crippen molar-refractivity contribution < 1.29 is 9.53 Å². The molecule has 7 heteroatoms. The van der Waals surface area contributed by atoms with Gasteiger partial charge in [0.1, 0.15) is 5.75 Å². The van der Waals surface area contributed by atoms with Gasteiger partial charge in [-0.05, 0) is 42.8 Å². The molecule has 0 radical (unpaired) electrons. The zero-order valence-corrected chi connectivity index (χ0v) is 16.1. The number of carbonyl (C=O) groups is 1. The van der Waals surface area contributed by atoms with Crippen LogP contribution in [0.4, 0.5) is 5.69 Å². The molecule has 2 aromatic carbocycles. The maximum Gasteiger partial charge on any atom is 0.255 e. The van der Waals surface area contributed by atoms with Crippen molar-refractivity contribution >= 4 is 17.4 Å². The van der Waals surface area contributed by atoms with Crippen LogP contribution >= 0.6 is 0 Å². The lowest BCUT2D eigenvalue weighted by molar-refractivity contribution is 0.102. The zero-order valence-electron chi connectivity index (χ0n) is 16.1. The number of carbonyl (C=O) groups excluding carboxylic acids is 1. The molecule has 3 rings (SSSR count). The predicted octanol–water partition coefficient (Wildman–Crippen LogP) is 4.49. The van der Waals surface area contributed by atoms with E-state index in [1.54, 1.807) is 36.4 Å². The molecule has 0 aromatic heterocycles. The average Bonchev–Trinajstić information content (AvgIpc) is 2.74. The molecule has 0 aliphatic heterocycles. The molecular formula is C22H23N5O2. The molecule has 0 saturated heterocycles. The number of anilines is 1. The molecule has 1 amide bonds. The first-order valence-electron chi connectivity index (χ1n) is 9.18. The Bertz CT molecular complexity index is 962. The van der Waals surface area contributed by atoms with Gasteiger partial charge in [0.25, 0.3) is 5.91 Å². The third kappa shape index (κ3) is 5.38. The van der Waals surface area contributed by atoms with Crippen LogP contribution in [0.3, 0.4) is 0 Å². The second-order valence-corrected chi connectivity index (χ2v) is 7.05. The molecule has 29 heavy (non-hydrogen) atoms. The van der Waals surface area contributed by atoms with Crippen LogP contribution < -0.4 is 15.9 Å². The van der Waals surface area contributed by atoms with Crippen molar-refractivity contribution in [3.8, 4) is 5.75 Å². The number of amides is 1. The number of hydrogen-bond donors (Lipinski definition) is 3. The fourth-order valence-electron chi connectivity index (χ4n) is 2.86. The number of nitrogens with one attached hydrogen (secondary N) is 2. The monoisotopic (exact) mass is 389 g/mol. The van der Waals surface area contributed by atoms with Crippen LogP contribution in [0.15, 0.2) is 83.2 Å². The molecule has 0 heterocycles. The van der Waals surface area contributed by atoms with E-state index < -0.39 is 0 Å². The highest BCUT2D eigenvalue weighted by molar-refractivity contribution is 6.05. The van der Waals surface area contributed by atoms with E-state index in [-0.39, 0.29) is 17.2 Å². The van der Waals surface area contributed by atoms with Crippen molar-refractivity contribution in [2.75, 3.05) is 11.9 Å². The first kappa shape index (κ1) is 20.0. The number of benzene rings is 2. The van der Waals surface area contributed by atoms with E-state index in [0.717, 1.165) is 12.2 Å². The topological polar surface area (TPSA) is 113 Å². The van der Waals surface area contributed by atoms with Gasteiger partial charge in [-0.25, -0.2) is 0 Å². The second kappa shape index (κ2) is 8.97. The van der Waals surface area contributed by atoms with Crippen molar-refractivity contribution in [1.29, 1.82) is 5.41 Å². The smallest absolute Gasteiger partial charge is 0.255 e. The molecule has 0 unspecified atom stereocenters. The van der Waals surface area contributed by atoms with Gasteiger partial charge in [0.2, 0.25) is 0 Å². The Kier molecular flexibility index (Phi) is 6.19. The minimum absolute atomic E-state index is 0.00430. The summed E-state index contributed by atoms with van der Waals surface area (Å²) in [6.45, 7) is 2.75. The Morgan fingerprint density at radius 1 is 1.14 bits per heavy atom. The summed E-state index contributed by atoms with van der Waals surface area (Å²) in [5.41, 5.74) is 1.66. The van der Waals surface area contributed by atoms with Crippen LogP contribution in [0.5, 0.6) is 5.75 Å². The summed E-state index contributed by atoms with van der Waals surface area (Å²) in [5, 5.41) is 17.0. The van der Waals surface area contributed by atoms with E-state index in [1.807, 2.05) is 24.3 Å². The molecule has 0 fully saturated rings. The third-order valence-electron chi connectivity index (χ3n) is 4.59. The average molecular weight is 389 g/mol. The highest BCUT2D eigenvalue weighted by Crippen LogP contribution is 2.28. The van der Waals surface area contributed by atoms with Crippen molar-refractivity contribution in [3.63, 3.8) is 0 Å². The summed E-state index contributed by atoms with van der Waals surface area (Å²) >= 11 is 0. The predicted molar refractivity (Wildman–Crippen MR) is 113 cm³/mol. The number of allylic oxidation sites excluding steroid dienone is 3. The number of nitrogens with two attached hydrogens (primary N) is 1. The highest BCUT2D eigenvalue weighted by Gasteiger charge is 2.21. The number of amidine groups is 1. The van der Waals surface area contributed by atoms with Crippen molar-refractivity contribution in [3.05, 3.63) is 84.0 Å². The molecular weight excluding hydrogens is 366 g/mol. The van der Waals surface area contributed by atoms with Gasteiger partial charge in [-0.1, -0.05) is 48.6 Å². The van der Waals surface area contributed by atoms with Crippen LogP contribution in [0.1, 0.15) is 29.3 Å². The van der Waals surface area contributed by atoms with E-state index in [4.69, 9.17) is 16.0 Å². The van der Waals surface area contributed by atoms with E-state index >= 15 is 0 Å². The SMILES string of the molecule is C[C@]1(COc2ccc(NC(=O)c3ccc(C(=N)N=NN)cc3)cc2)C=CC=CC1. The van der Waals surface area contributed by atoms with E-state index in [1.165, 1.54) is 0 Å². The maximum absolute atomic E-state index is 12.4. The highest BCUT2D eigenvalue weighted by atomic mass is 16.5. The summed E-state index contributed by atoms with van der Waals surface area (Å²) in [7, 11) is 0. The van der Waals surface area contributed by atoms with Crippen LogP contribution in [0.25, 0.3) is 0 Å². The van der Waals surface area contributed by atoms with Crippen LogP contribution in [-0.2, 0) is 0 Å². The molecule has 2 aromatic rings. The summed E-state index contributed by atoms with van der Waals surface area (Å²) in [6, 6.07) is 13.8. The van der Waals surface area contributed by atoms with Gasteiger partial charge in [-0.15, -0.1) is 5.11 Å². The van der Waals surface area contributed by atoms with Crippen molar-refractivity contribution in [2.45, 2.75) is 13.3 Å². The van der Waals surface area contributed by atoms with Crippen LogP contribution in [-0.4, -0.2) is 18.3 Å². The first-order valence-corrected chi connectivity index (χ1v) is 9.18. The Labute approximate surface area is 169 Å². The Morgan fingerprint density at radius 2 is 1.83 bits per heavy atom. The molecule has 4 N–H and O–H groups in total. The van der Waals surface area contributed by atoms with Gasteiger partial charge in [0.05, 0.1) is 6.61 Å². The number of ether oxygens (including phenoxy) is 1. The molecule has 0 bridgehead atoms. The Morgan fingerprint density at radius 3 is 2.45 bits per heavy atom. The summed E-state index contributed by atoms with van der Waals surface area (Å²) in [5.74, 6) is 5.38. The van der Waals surface area contributed by atoms with Crippen LogP contribution in [0, 0.1) is 10.8 Å². The summed E-state index contributed by atoms with van der Waals surface area (Å²) in [4.78, 5) is 12.4. The fourth-order valence-corrected chi connectivity index (χ4v) is 2.86. The van der Waals surface area contributed by atoms with Crippen molar-refractivity contribution in [1.82, 2.24) is 0 Å². The zero-order chi connectivity index (χ0) is 20.7. The number of nitrogens with zero attached hydrogens (tertiary/aromatic N) is 2. The minimum atomic E-state index is -0.246. The molecule has 1 atom stereocenters. The lowest BCUT2D eigenvalue weighted by Crippen LogP contribution is -2.23. The summed E-state index contributed by atoms with van der Waals surface area (Å²) in [6.07, 6.45) is 9.34. The molecule has 1 aliphatic rings. The van der Waals surface area contributed by atoms with Gasteiger partial charge in [0, 0.05) is 22.2 Å². The normalized spacial score (nSPS) is 18.0. The number of rotatable bonds is 6. The second-order valence-electron chi connectivity index (χ2n) is 7.05. The molecule has 1 aliphatic carbocycles. The molecule has 0 saturated carbocycles. The van der Waals surface area contributed by atoms with Crippen molar-refractivity contribution in [2.24, 2.45) is 21.6 Å². The lowest BCUT2D eigenvalue weighted by atomic mass is 9.85.